The lowest BCUT2D eigenvalue weighted by molar-refractivity contribution is 0.0927. The predicted octanol–water partition coefficient (Wildman–Crippen LogP) is 2.73. The molecule has 0 spiro atoms. The van der Waals surface area contributed by atoms with Crippen molar-refractivity contribution in [2.24, 2.45) is 0 Å². The molecule has 5 heteroatoms. The largest absolute Gasteiger partial charge is 0.348 e. The summed E-state index contributed by atoms with van der Waals surface area (Å²) < 4.78 is 2.95. The zero-order chi connectivity index (χ0) is 14.4. The Kier molecular flexibility index (Phi) is 6.58. The molecular weight excluding hydrogens is 306 g/mol. The SMILES string of the molecule is CCCn1cc(Br)cc1C(=O)NC(C)CCN(C)C. The lowest BCUT2D eigenvalue weighted by Crippen LogP contribution is -2.35. The normalized spacial score (nSPS) is 12.7. The third kappa shape index (κ3) is 5.37. The summed E-state index contributed by atoms with van der Waals surface area (Å²) in [4.78, 5) is 14.4. The predicted molar refractivity (Wildman–Crippen MR) is 82.5 cm³/mol. The molecule has 19 heavy (non-hydrogen) atoms. The Morgan fingerprint density at radius 3 is 2.79 bits per heavy atom. The van der Waals surface area contributed by atoms with Crippen LogP contribution in [-0.4, -0.2) is 42.1 Å². The van der Waals surface area contributed by atoms with E-state index in [4.69, 9.17) is 0 Å². The van der Waals surface area contributed by atoms with Crippen LogP contribution in [0.15, 0.2) is 16.7 Å². The summed E-state index contributed by atoms with van der Waals surface area (Å²) in [5, 5.41) is 3.06. The summed E-state index contributed by atoms with van der Waals surface area (Å²) in [5.74, 6) is 0.00501. The fourth-order valence-electron chi connectivity index (χ4n) is 1.91. The number of aryl methyl sites for hydroxylation is 1. The minimum Gasteiger partial charge on any atom is -0.348 e. The van der Waals surface area contributed by atoms with Gasteiger partial charge in [-0.1, -0.05) is 6.92 Å². The van der Waals surface area contributed by atoms with E-state index in [1.165, 1.54) is 0 Å². The number of nitrogens with zero attached hydrogens (tertiary/aromatic N) is 2. The Morgan fingerprint density at radius 2 is 2.21 bits per heavy atom. The summed E-state index contributed by atoms with van der Waals surface area (Å²) in [5.41, 5.74) is 0.727. The van der Waals surface area contributed by atoms with E-state index >= 15 is 0 Å². The van der Waals surface area contributed by atoms with Crippen molar-refractivity contribution < 1.29 is 4.79 Å². The first-order valence-corrected chi connectivity index (χ1v) is 7.54. The van der Waals surface area contributed by atoms with Crippen molar-refractivity contribution >= 4 is 21.8 Å². The molecule has 0 aliphatic rings. The molecule has 1 aromatic heterocycles. The first kappa shape index (κ1) is 16.2. The maximum Gasteiger partial charge on any atom is 0.268 e. The Bertz CT molecular complexity index is 415. The second-order valence-corrected chi connectivity index (χ2v) is 6.12. The van der Waals surface area contributed by atoms with Crippen molar-refractivity contribution in [2.45, 2.75) is 39.3 Å². The van der Waals surface area contributed by atoms with Crippen LogP contribution in [0.3, 0.4) is 0 Å². The van der Waals surface area contributed by atoms with Gasteiger partial charge in [0.15, 0.2) is 0 Å². The molecule has 0 saturated carbocycles. The molecule has 0 fully saturated rings. The molecular formula is C14H24BrN3O. The van der Waals surface area contributed by atoms with Gasteiger partial charge in [-0.05, 0) is 62.4 Å². The van der Waals surface area contributed by atoms with Gasteiger partial charge in [-0.3, -0.25) is 4.79 Å². The smallest absolute Gasteiger partial charge is 0.268 e. The van der Waals surface area contributed by atoms with Gasteiger partial charge in [0.05, 0.1) is 0 Å². The Morgan fingerprint density at radius 1 is 1.53 bits per heavy atom. The van der Waals surface area contributed by atoms with Gasteiger partial charge in [-0.15, -0.1) is 0 Å². The third-order valence-electron chi connectivity index (χ3n) is 2.95. The molecule has 1 aromatic rings. The highest BCUT2D eigenvalue weighted by Crippen LogP contribution is 2.15. The zero-order valence-corrected chi connectivity index (χ0v) is 13.8. The van der Waals surface area contributed by atoms with E-state index in [-0.39, 0.29) is 11.9 Å². The summed E-state index contributed by atoms with van der Waals surface area (Å²) in [6.07, 6.45) is 3.93. The number of hydrogen-bond donors (Lipinski definition) is 1. The fraction of sp³-hybridized carbons (Fsp3) is 0.643. The van der Waals surface area contributed by atoms with Crippen LogP contribution in [-0.2, 0) is 6.54 Å². The van der Waals surface area contributed by atoms with Gasteiger partial charge in [0, 0.05) is 23.3 Å². The monoisotopic (exact) mass is 329 g/mol. The van der Waals surface area contributed by atoms with E-state index in [1.54, 1.807) is 0 Å². The number of amides is 1. The molecule has 0 aromatic carbocycles. The minimum absolute atomic E-state index is 0.00501. The number of rotatable bonds is 7. The van der Waals surface area contributed by atoms with Crippen molar-refractivity contribution in [3.63, 3.8) is 0 Å². The van der Waals surface area contributed by atoms with Crippen LogP contribution in [0.1, 0.15) is 37.2 Å². The number of nitrogens with one attached hydrogen (secondary N) is 1. The Balaban J connectivity index is 2.62. The number of hydrogen-bond acceptors (Lipinski definition) is 2. The first-order chi connectivity index (χ1) is 8.93. The van der Waals surface area contributed by atoms with E-state index in [0.717, 1.165) is 36.1 Å². The van der Waals surface area contributed by atoms with Gasteiger partial charge in [0.2, 0.25) is 0 Å². The molecule has 1 rings (SSSR count). The number of halogens is 1. The highest BCUT2D eigenvalue weighted by Gasteiger charge is 2.15. The second-order valence-electron chi connectivity index (χ2n) is 5.20. The second kappa shape index (κ2) is 7.70. The lowest BCUT2D eigenvalue weighted by atomic mass is 10.2. The third-order valence-corrected chi connectivity index (χ3v) is 3.38. The molecule has 0 aliphatic carbocycles. The van der Waals surface area contributed by atoms with Crippen molar-refractivity contribution in [2.75, 3.05) is 20.6 Å². The number of carbonyl (C=O) groups is 1. The zero-order valence-electron chi connectivity index (χ0n) is 12.2. The van der Waals surface area contributed by atoms with E-state index in [0.29, 0.717) is 0 Å². The molecule has 1 amide bonds. The van der Waals surface area contributed by atoms with Gasteiger partial charge in [0.1, 0.15) is 5.69 Å². The van der Waals surface area contributed by atoms with E-state index in [1.807, 2.05) is 37.8 Å². The Labute approximate surface area is 124 Å². The van der Waals surface area contributed by atoms with Crippen molar-refractivity contribution in [1.82, 2.24) is 14.8 Å². The number of aromatic nitrogens is 1. The average Bonchev–Trinajstić information content (AvgIpc) is 2.68. The van der Waals surface area contributed by atoms with Gasteiger partial charge < -0.3 is 14.8 Å². The molecule has 1 heterocycles. The van der Waals surface area contributed by atoms with Crippen molar-refractivity contribution in [3.05, 3.63) is 22.4 Å². The van der Waals surface area contributed by atoms with Crippen LogP contribution < -0.4 is 5.32 Å². The van der Waals surface area contributed by atoms with Crippen molar-refractivity contribution in [3.8, 4) is 0 Å². The maximum atomic E-state index is 12.2. The quantitative estimate of drug-likeness (QED) is 0.835. The summed E-state index contributed by atoms with van der Waals surface area (Å²) in [6.45, 7) is 5.99. The minimum atomic E-state index is 0.00501. The lowest BCUT2D eigenvalue weighted by Gasteiger charge is -2.17. The highest BCUT2D eigenvalue weighted by atomic mass is 79.9. The Hall–Kier alpha value is -0.810. The van der Waals surface area contributed by atoms with E-state index < -0.39 is 0 Å². The van der Waals surface area contributed by atoms with Crippen LogP contribution >= 0.6 is 15.9 Å². The van der Waals surface area contributed by atoms with E-state index in [9.17, 15) is 4.79 Å². The topological polar surface area (TPSA) is 37.3 Å². The first-order valence-electron chi connectivity index (χ1n) is 6.75. The maximum absolute atomic E-state index is 12.2. The molecule has 1 atom stereocenters. The molecule has 1 N–H and O–H groups in total. The molecule has 4 nitrogen and oxygen atoms in total. The molecule has 0 radical (unpaired) electrons. The van der Waals surface area contributed by atoms with Crippen molar-refractivity contribution in [1.29, 1.82) is 0 Å². The fourth-order valence-corrected chi connectivity index (χ4v) is 2.38. The summed E-state index contributed by atoms with van der Waals surface area (Å²) >= 11 is 3.43. The molecule has 108 valence electrons. The van der Waals surface area contributed by atoms with Gasteiger partial charge in [0.25, 0.3) is 5.91 Å². The van der Waals surface area contributed by atoms with Crippen LogP contribution in [0.4, 0.5) is 0 Å². The average molecular weight is 330 g/mol. The van der Waals surface area contributed by atoms with Crippen LogP contribution in [0.2, 0.25) is 0 Å². The standard InChI is InChI=1S/C14H24BrN3O/c1-5-7-18-10-12(15)9-13(18)14(19)16-11(2)6-8-17(3)4/h9-11H,5-8H2,1-4H3,(H,16,19). The molecule has 0 saturated heterocycles. The van der Waals surface area contributed by atoms with Gasteiger partial charge in [-0.25, -0.2) is 0 Å². The summed E-state index contributed by atoms with van der Waals surface area (Å²) in [7, 11) is 4.08. The van der Waals surface area contributed by atoms with Crippen LogP contribution in [0.5, 0.6) is 0 Å². The van der Waals surface area contributed by atoms with Gasteiger partial charge >= 0.3 is 0 Å². The molecule has 1 unspecified atom stereocenters. The molecule has 0 aliphatic heterocycles. The van der Waals surface area contributed by atoms with E-state index in [2.05, 4.69) is 33.1 Å². The van der Waals surface area contributed by atoms with Crippen LogP contribution in [0, 0.1) is 0 Å². The van der Waals surface area contributed by atoms with Crippen LogP contribution in [0.25, 0.3) is 0 Å². The van der Waals surface area contributed by atoms with Gasteiger partial charge in [-0.2, -0.15) is 0 Å². The molecule has 0 bridgehead atoms. The highest BCUT2D eigenvalue weighted by molar-refractivity contribution is 9.10. The summed E-state index contributed by atoms with van der Waals surface area (Å²) in [6, 6.07) is 2.06. The number of carbonyl (C=O) groups excluding carboxylic acids is 1.